The molecule has 0 saturated heterocycles. The summed E-state index contributed by atoms with van der Waals surface area (Å²) in [5.74, 6) is -1.02. The van der Waals surface area contributed by atoms with Crippen molar-refractivity contribution in [1.29, 1.82) is 0 Å². The maximum Gasteiger partial charge on any atom is 0.142 e. The Kier molecular flexibility index (Phi) is 5.36. The Hall–Kier alpha value is -0.550. The minimum atomic E-state index is -0.561. The van der Waals surface area contributed by atoms with Gasteiger partial charge in [-0.2, -0.15) is 0 Å². The molecule has 7 heteroatoms. The molecule has 112 valence electrons. The van der Waals surface area contributed by atoms with Crippen molar-refractivity contribution in [1.82, 2.24) is 0 Å². The number of halogens is 6. The Morgan fingerprint density at radius 3 is 2.29 bits per heavy atom. The minimum Gasteiger partial charge on any atom is -0.376 e. The number of hydrogen-bond donors (Lipinski definition) is 1. The molecule has 0 heterocycles. The molecule has 0 aliphatic rings. The summed E-state index contributed by atoms with van der Waals surface area (Å²) in [7, 11) is 0. The molecule has 0 aliphatic heterocycles. The van der Waals surface area contributed by atoms with E-state index in [0.29, 0.717) is 20.7 Å². The van der Waals surface area contributed by atoms with Crippen molar-refractivity contribution >= 4 is 56.4 Å². The number of anilines is 1. The molecule has 0 radical (unpaired) electrons. The monoisotopic (exact) mass is 413 g/mol. The first kappa shape index (κ1) is 16.8. The third-order valence-electron chi connectivity index (χ3n) is 2.87. The topological polar surface area (TPSA) is 12.0 Å². The fourth-order valence-corrected chi connectivity index (χ4v) is 3.31. The van der Waals surface area contributed by atoms with E-state index in [-0.39, 0.29) is 16.1 Å². The Labute approximate surface area is 144 Å². The van der Waals surface area contributed by atoms with Crippen molar-refractivity contribution in [2.24, 2.45) is 0 Å². The Balaban J connectivity index is 2.35. The van der Waals surface area contributed by atoms with Crippen LogP contribution in [0.4, 0.5) is 14.5 Å². The van der Waals surface area contributed by atoms with E-state index in [1.165, 1.54) is 24.3 Å². The van der Waals surface area contributed by atoms with Crippen LogP contribution in [0.15, 0.2) is 28.7 Å². The van der Waals surface area contributed by atoms with Crippen LogP contribution in [0.5, 0.6) is 0 Å². The fourth-order valence-electron chi connectivity index (χ4n) is 1.84. The first-order valence-corrected chi connectivity index (χ1v) is 7.77. The van der Waals surface area contributed by atoms with Gasteiger partial charge in [-0.05, 0) is 52.7 Å². The minimum absolute atomic E-state index is 0.0445. The number of hydrogen-bond acceptors (Lipinski definition) is 1. The number of rotatable bonds is 3. The van der Waals surface area contributed by atoms with Crippen molar-refractivity contribution < 1.29 is 8.78 Å². The average Bonchev–Trinajstić information content (AvgIpc) is 2.37. The van der Waals surface area contributed by atoms with Crippen LogP contribution >= 0.6 is 50.7 Å². The van der Waals surface area contributed by atoms with Crippen LogP contribution in [-0.4, -0.2) is 0 Å². The second-order valence-electron chi connectivity index (χ2n) is 4.40. The smallest absolute Gasteiger partial charge is 0.142 e. The first-order valence-electron chi connectivity index (χ1n) is 5.85. The van der Waals surface area contributed by atoms with E-state index in [4.69, 9.17) is 34.8 Å². The molecule has 0 aliphatic carbocycles. The maximum atomic E-state index is 13.6. The first-order chi connectivity index (χ1) is 9.79. The Bertz CT molecular complexity index is 671. The van der Waals surface area contributed by atoms with Gasteiger partial charge >= 0.3 is 0 Å². The van der Waals surface area contributed by atoms with Gasteiger partial charge in [0.1, 0.15) is 11.6 Å². The lowest BCUT2D eigenvalue weighted by molar-refractivity contribution is 0.624. The molecule has 0 saturated carbocycles. The Morgan fingerprint density at radius 2 is 1.67 bits per heavy atom. The van der Waals surface area contributed by atoms with Crippen molar-refractivity contribution in [3.63, 3.8) is 0 Å². The summed E-state index contributed by atoms with van der Waals surface area (Å²) in [4.78, 5) is 0. The average molecular weight is 415 g/mol. The van der Waals surface area contributed by atoms with Crippen molar-refractivity contribution in [2.75, 3.05) is 5.32 Å². The SMILES string of the molecule is CC(Nc1c(Cl)cc(F)cc1Br)c1cc(F)c(Cl)cc1Cl. The highest BCUT2D eigenvalue weighted by atomic mass is 79.9. The van der Waals surface area contributed by atoms with E-state index in [1.807, 2.05) is 0 Å². The zero-order valence-corrected chi connectivity index (χ0v) is 14.5. The predicted molar refractivity (Wildman–Crippen MR) is 87.6 cm³/mol. The van der Waals surface area contributed by atoms with Crippen LogP contribution in [-0.2, 0) is 0 Å². The highest BCUT2D eigenvalue weighted by Crippen LogP contribution is 2.36. The standard InChI is InChI=1S/C14H9BrCl3F2N/c1-6(8-4-13(20)11(17)5-10(8)16)21-14-9(15)2-7(19)3-12(14)18/h2-6,21H,1H3. The van der Waals surface area contributed by atoms with E-state index >= 15 is 0 Å². The lowest BCUT2D eigenvalue weighted by atomic mass is 10.1. The maximum absolute atomic E-state index is 13.6. The molecule has 0 aromatic heterocycles. The van der Waals surface area contributed by atoms with E-state index < -0.39 is 11.6 Å². The Morgan fingerprint density at radius 1 is 1.00 bits per heavy atom. The molecule has 21 heavy (non-hydrogen) atoms. The second kappa shape index (κ2) is 6.69. The fraction of sp³-hybridized carbons (Fsp3) is 0.143. The molecule has 0 fully saturated rings. The van der Waals surface area contributed by atoms with E-state index in [1.54, 1.807) is 6.92 Å². The molecule has 1 atom stereocenters. The van der Waals surface area contributed by atoms with Crippen molar-refractivity contribution in [2.45, 2.75) is 13.0 Å². The van der Waals surface area contributed by atoms with Crippen molar-refractivity contribution in [3.05, 3.63) is 61.0 Å². The lowest BCUT2D eigenvalue weighted by Crippen LogP contribution is -2.09. The van der Waals surface area contributed by atoms with E-state index in [2.05, 4.69) is 21.2 Å². The van der Waals surface area contributed by atoms with Gasteiger partial charge in [-0.25, -0.2) is 8.78 Å². The van der Waals surface area contributed by atoms with E-state index in [9.17, 15) is 8.78 Å². The zero-order chi connectivity index (χ0) is 15.7. The van der Waals surface area contributed by atoms with Gasteiger partial charge < -0.3 is 5.32 Å². The van der Waals surface area contributed by atoms with E-state index in [0.717, 1.165) is 0 Å². The van der Waals surface area contributed by atoms with Gasteiger partial charge in [-0.15, -0.1) is 0 Å². The summed E-state index contributed by atoms with van der Waals surface area (Å²) < 4.78 is 27.2. The van der Waals surface area contributed by atoms with Gasteiger partial charge in [0.05, 0.1) is 21.8 Å². The molecule has 1 N–H and O–H groups in total. The molecule has 0 bridgehead atoms. The van der Waals surface area contributed by atoms with Gasteiger partial charge in [0, 0.05) is 9.50 Å². The summed E-state index contributed by atoms with van der Waals surface area (Å²) >= 11 is 21.0. The third kappa shape index (κ3) is 3.81. The van der Waals surface area contributed by atoms with Crippen LogP contribution in [0.25, 0.3) is 0 Å². The van der Waals surface area contributed by atoms with Crippen molar-refractivity contribution in [3.8, 4) is 0 Å². The third-order valence-corrected chi connectivity index (χ3v) is 4.41. The molecular formula is C14H9BrCl3F2N. The van der Waals surface area contributed by atoms with Gasteiger partial charge in [-0.3, -0.25) is 0 Å². The number of nitrogens with one attached hydrogen (secondary N) is 1. The molecule has 2 rings (SSSR count). The zero-order valence-electron chi connectivity index (χ0n) is 10.7. The van der Waals surface area contributed by atoms with Gasteiger partial charge in [0.25, 0.3) is 0 Å². The van der Waals surface area contributed by atoms with Gasteiger partial charge in [-0.1, -0.05) is 34.8 Å². The van der Waals surface area contributed by atoms with Gasteiger partial charge in [0.15, 0.2) is 0 Å². The predicted octanol–water partition coefficient (Wildman–Crippen LogP) is 6.86. The van der Waals surface area contributed by atoms with Gasteiger partial charge in [0.2, 0.25) is 0 Å². The largest absolute Gasteiger partial charge is 0.376 e. The highest BCUT2D eigenvalue weighted by molar-refractivity contribution is 9.10. The number of benzene rings is 2. The molecular weight excluding hydrogens is 406 g/mol. The van der Waals surface area contributed by atoms with Crippen LogP contribution in [0.1, 0.15) is 18.5 Å². The quantitative estimate of drug-likeness (QED) is 0.540. The summed E-state index contributed by atoms with van der Waals surface area (Å²) in [5, 5.41) is 3.56. The summed E-state index contributed by atoms with van der Waals surface area (Å²) in [6.45, 7) is 1.78. The van der Waals surface area contributed by atoms with Crippen LogP contribution < -0.4 is 5.32 Å². The van der Waals surface area contributed by atoms with Crippen LogP contribution in [0.3, 0.4) is 0 Å². The highest BCUT2D eigenvalue weighted by Gasteiger charge is 2.16. The molecule has 1 nitrogen and oxygen atoms in total. The van der Waals surface area contributed by atoms with Crippen LogP contribution in [0.2, 0.25) is 15.1 Å². The van der Waals surface area contributed by atoms with Crippen LogP contribution in [0, 0.1) is 11.6 Å². The summed E-state index contributed by atoms with van der Waals surface area (Å²) in [6, 6.07) is 4.71. The molecule has 2 aromatic rings. The molecule has 1 unspecified atom stereocenters. The summed E-state index contributed by atoms with van der Waals surface area (Å²) in [5.41, 5.74) is 1.02. The lowest BCUT2D eigenvalue weighted by Gasteiger charge is -2.19. The second-order valence-corrected chi connectivity index (χ2v) is 6.47. The molecule has 0 amide bonds. The summed E-state index contributed by atoms with van der Waals surface area (Å²) in [6.07, 6.45) is 0. The molecule has 2 aromatic carbocycles. The molecule has 0 spiro atoms. The normalized spacial score (nSPS) is 12.3.